The molecule has 5 heteroatoms. The van der Waals surface area contributed by atoms with Gasteiger partial charge in [0.25, 0.3) is 0 Å². The molecule has 4 nitrogen and oxygen atoms in total. The minimum atomic E-state index is -0.943. The zero-order chi connectivity index (χ0) is 14.7. The molecule has 1 heterocycles. The van der Waals surface area contributed by atoms with Gasteiger partial charge < -0.3 is 9.84 Å². The first kappa shape index (κ1) is 16.5. The Balaban J connectivity index is 0.00000176. The van der Waals surface area contributed by atoms with Gasteiger partial charge >= 0.3 is 35.5 Å². The molecule has 0 atom stereocenters. The second-order valence-corrected chi connectivity index (χ2v) is 4.61. The maximum atomic E-state index is 10.8. The van der Waals surface area contributed by atoms with Crippen LogP contribution >= 0.6 is 0 Å². The molecule has 0 aliphatic carbocycles. The third-order valence-corrected chi connectivity index (χ3v) is 3.23. The number of nitrogens with zero attached hydrogens (tertiary/aromatic N) is 1. The average molecular weight is 303 g/mol. The van der Waals surface area contributed by atoms with Crippen molar-refractivity contribution in [2.45, 2.75) is 6.61 Å². The molecule has 0 saturated heterocycles. The van der Waals surface area contributed by atoms with Gasteiger partial charge in [0, 0.05) is 17.1 Å². The number of para-hydroxylation sites is 1. The zero-order valence-corrected chi connectivity index (χ0v) is 11.2. The number of aromatic carboxylic acids is 1. The molecule has 0 saturated carbocycles. The number of benzene rings is 2. The molecule has 0 aliphatic rings. The van der Waals surface area contributed by atoms with Crippen LogP contribution in [0.1, 0.15) is 15.9 Å². The van der Waals surface area contributed by atoms with Gasteiger partial charge in [-0.05, 0) is 36.4 Å². The van der Waals surface area contributed by atoms with E-state index < -0.39 is 5.97 Å². The molecule has 0 unspecified atom stereocenters. The fourth-order valence-electron chi connectivity index (χ4n) is 2.14. The van der Waals surface area contributed by atoms with Crippen molar-refractivity contribution >= 4 is 46.4 Å². The molecule has 3 aromatic rings. The predicted octanol–water partition coefficient (Wildman–Crippen LogP) is 2.86. The van der Waals surface area contributed by atoms with Crippen LogP contribution in [0.5, 0.6) is 5.75 Å². The van der Waals surface area contributed by atoms with Crippen LogP contribution in [0.15, 0.2) is 60.8 Å². The summed E-state index contributed by atoms with van der Waals surface area (Å²) in [4.78, 5) is 15.1. The first-order valence-electron chi connectivity index (χ1n) is 6.53. The normalized spacial score (nSPS) is 10.0. The summed E-state index contributed by atoms with van der Waals surface area (Å²) in [5, 5.41) is 9.91. The van der Waals surface area contributed by atoms with Crippen LogP contribution in [-0.4, -0.2) is 45.6 Å². The number of aromatic nitrogens is 1. The molecule has 0 spiro atoms. The van der Waals surface area contributed by atoms with E-state index >= 15 is 0 Å². The van der Waals surface area contributed by atoms with Crippen LogP contribution in [-0.2, 0) is 6.61 Å². The second kappa shape index (κ2) is 7.40. The average Bonchev–Trinajstić information content (AvgIpc) is 2.53. The van der Waals surface area contributed by atoms with Gasteiger partial charge in [-0.25, -0.2) is 4.79 Å². The quantitative estimate of drug-likeness (QED) is 0.753. The van der Waals surface area contributed by atoms with Crippen LogP contribution in [0.25, 0.3) is 10.9 Å². The molecule has 0 aliphatic heterocycles. The van der Waals surface area contributed by atoms with E-state index in [0.717, 1.165) is 16.5 Å². The summed E-state index contributed by atoms with van der Waals surface area (Å²) in [6.45, 7) is 0.412. The SMILES string of the molecule is O=C(O)c1ccc(OCc2ccnc3ccccc23)cc1.[NaH]. The van der Waals surface area contributed by atoms with Crippen LogP contribution < -0.4 is 4.74 Å². The first-order valence-corrected chi connectivity index (χ1v) is 6.53. The monoisotopic (exact) mass is 303 g/mol. The van der Waals surface area contributed by atoms with Crippen molar-refractivity contribution in [1.29, 1.82) is 0 Å². The minimum absolute atomic E-state index is 0. The molecule has 0 radical (unpaired) electrons. The van der Waals surface area contributed by atoms with Gasteiger partial charge in [-0.3, -0.25) is 4.98 Å². The van der Waals surface area contributed by atoms with Crippen LogP contribution in [0.3, 0.4) is 0 Å². The predicted molar refractivity (Wildman–Crippen MR) is 86.6 cm³/mol. The van der Waals surface area contributed by atoms with Crippen molar-refractivity contribution in [3.05, 3.63) is 71.9 Å². The Kier molecular flexibility index (Phi) is 5.55. The molecular formula is C17H14NNaO3. The fraction of sp³-hybridized carbons (Fsp3) is 0.0588. The van der Waals surface area contributed by atoms with E-state index in [1.807, 2.05) is 30.3 Å². The van der Waals surface area contributed by atoms with Crippen LogP contribution in [0.4, 0.5) is 0 Å². The summed E-state index contributed by atoms with van der Waals surface area (Å²) in [7, 11) is 0. The molecule has 1 aromatic heterocycles. The van der Waals surface area contributed by atoms with Crippen molar-refractivity contribution < 1.29 is 14.6 Å². The zero-order valence-electron chi connectivity index (χ0n) is 11.2. The summed E-state index contributed by atoms with van der Waals surface area (Å²) in [6, 6.07) is 16.2. The van der Waals surface area contributed by atoms with Gasteiger partial charge in [0.1, 0.15) is 12.4 Å². The van der Waals surface area contributed by atoms with E-state index in [4.69, 9.17) is 9.84 Å². The van der Waals surface area contributed by atoms with Gasteiger partial charge in [0.05, 0.1) is 11.1 Å². The van der Waals surface area contributed by atoms with Crippen LogP contribution in [0, 0.1) is 0 Å². The van der Waals surface area contributed by atoms with E-state index in [-0.39, 0.29) is 35.1 Å². The van der Waals surface area contributed by atoms with E-state index in [0.29, 0.717) is 12.4 Å². The molecule has 22 heavy (non-hydrogen) atoms. The molecule has 1 N–H and O–H groups in total. The maximum absolute atomic E-state index is 10.8. The van der Waals surface area contributed by atoms with Crippen LogP contribution in [0.2, 0.25) is 0 Å². The van der Waals surface area contributed by atoms with E-state index in [1.54, 1.807) is 18.3 Å². The molecule has 2 aromatic carbocycles. The van der Waals surface area contributed by atoms with E-state index in [9.17, 15) is 4.79 Å². The number of carboxylic acids is 1. The number of carboxylic acid groups (broad SMARTS) is 1. The molecular weight excluding hydrogens is 289 g/mol. The summed E-state index contributed by atoms with van der Waals surface area (Å²) in [6.07, 6.45) is 1.76. The van der Waals surface area contributed by atoms with Crippen molar-refractivity contribution in [2.75, 3.05) is 0 Å². The topological polar surface area (TPSA) is 59.4 Å². The number of pyridine rings is 1. The summed E-state index contributed by atoms with van der Waals surface area (Å²) >= 11 is 0. The van der Waals surface area contributed by atoms with Crippen molar-refractivity contribution in [2.24, 2.45) is 0 Å². The molecule has 0 fully saturated rings. The Labute approximate surface area is 150 Å². The molecule has 3 rings (SSSR count). The van der Waals surface area contributed by atoms with Crippen molar-refractivity contribution in [1.82, 2.24) is 4.98 Å². The number of fused-ring (bicyclic) bond motifs is 1. The Bertz CT molecular complexity index is 782. The summed E-state index contributed by atoms with van der Waals surface area (Å²) < 4.78 is 5.71. The van der Waals surface area contributed by atoms with Gasteiger partial charge in [0.2, 0.25) is 0 Å². The Morgan fingerprint density at radius 3 is 2.50 bits per heavy atom. The molecule has 0 bridgehead atoms. The van der Waals surface area contributed by atoms with Gasteiger partial charge in [0.15, 0.2) is 0 Å². The third-order valence-electron chi connectivity index (χ3n) is 3.23. The van der Waals surface area contributed by atoms with Crippen molar-refractivity contribution in [3.8, 4) is 5.75 Å². The number of hydrogen-bond acceptors (Lipinski definition) is 3. The van der Waals surface area contributed by atoms with Gasteiger partial charge in [-0.15, -0.1) is 0 Å². The van der Waals surface area contributed by atoms with Crippen molar-refractivity contribution in [3.63, 3.8) is 0 Å². The number of ether oxygens (including phenoxy) is 1. The Morgan fingerprint density at radius 2 is 1.77 bits per heavy atom. The molecule has 0 amide bonds. The van der Waals surface area contributed by atoms with Gasteiger partial charge in [-0.2, -0.15) is 0 Å². The fourth-order valence-corrected chi connectivity index (χ4v) is 2.14. The summed E-state index contributed by atoms with van der Waals surface area (Å²) in [5.74, 6) is -0.303. The van der Waals surface area contributed by atoms with Gasteiger partial charge in [-0.1, -0.05) is 18.2 Å². The number of hydrogen-bond donors (Lipinski definition) is 1. The summed E-state index contributed by atoms with van der Waals surface area (Å²) in [5.41, 5.74) is 2.22. The van der Waals surface area contributed by atoms with E-state index in [2.05, 4.69) is 4.98 Å². The Hall–Kier alpha value is -1.88. The van der Waals surface area contributed by atoms with E-state index in [1.165, 1.54) is 12.1 Å². The Morgan fingerprint density at radius 1 is 1.05 bits per heavy atom. The third kappa shape index (κ3) is 3.65. The number of rotatable bonds is 4. The second-order valence-electron chi connectivity index (χ2n) is 4.61. The standard InChI is InChI=1S/C17H13NO3.Na.H/c19-17(20)12-5-7-14(8-6-12)21-11-13-9-10-18-16-4-2-1-3-15(13)16;;/h1-10H,11H2,(H,19,20);;. The first-order chi connectivity index (χ1) is 10.2. The number of carbonyl (C=O) groups is 1. The molecule has 106 valence electrons.